The maximum Gasteiger partial charge on any atom is 0.0700 e. The molecule has 5 heteroatoms. The minimum atomic E-state index is 0.171. The van der Waals surface area contributed by atoms with Gasteiger partial charge in [-0.2, -0.15) is 0 Å². The molecule has 0 aliphatic rings. The molecule has 1 unspecified atom stereocenters. The summed E-state index contributed by atoms with van der Waals surface area (Å²) in [4.78, 5) is 0. The Hall–Kier alpha value is -0.320. The van der Waals surface area contributed by atoms with Crippen LogP contribution in [0.5, 0.6) is 0 Å². The first-order valence-corrected chi connectivity index (χ1v) is 7.16. The molecule has 19 heavy (non-hydrogen) atoms. The van der Waals surface area contributed by atoms with Crippen LogP contribution in [0.1, 0.15) is 24.9 Å². The smallest absolute Gasteiger partial charge is 0.0700 e. The van der Waals surface area contributed by atoms with Gasteiger partial charge in [-0.15, -0.1) is 0 Å². The van der Waals surface area contributed by atoms with Crippen LogP contribution < -0.4 is 5.32 Å². The van der Waals surface area contributed by atoms with Crippen molar-refractivity contribution in [2.24, 2.45) is 0 Å². The Morgan fingerprint density at radius 3 is 2.74 bits per heavy atom. The van der Waals surface area contributed by atoms with Crippen molar-refractivity contribution in [1.29, 1.82) is 0 Å². The van der Waals surface area contributed by atoms with Crippen molar-refractivity contribution in [2.45, 2.75) is 19.4 Å². The van der Waals surface area contributed by atoms with Crippen LogP contribution in [0.2, 0.25) is 10.0 Å². The van der Waals surface area contributed by atoms with Crippen molar-refractivity contribution >= 4 is 23.2 Å². The average molecular weight is 306 g/mol. The summed E-state index contributed by atoms with van der Waals surface area (Å²) in [6, 6.07) is 5.87. The lowest BCUT2D eigenvalue weighted by Crippen LogP contribution is -2.21. The van der Waals surface area contributed by atoms with Crippen molar-refractivity contribution in [3.63, 3.8) is 0 Å². The molecule has 0 amide bonds. The van der Waals surface area contributed by atoms with Gasteiger partial charge in [0, 0.05) is 19.8 Å². The summed E-state index contributed by atoms with van der Waals surface area (Å²) in [5, 5.41) is 4.62. The van der Waals surface area contributed by atoms with E-state index in [2.05, 4.69) is 12.2 Å². The molecule has 0 spiro atoms. The third-order valence-corrected chi connectivity index (χ3v) is 3.63. The Morgan fingerprint density at radius 2 is 2.00 bits per heavy atom. The molecule has 108 valence electrons. The van der Waals surface area contributed by atoms with E-state index in [0.717, 1.165) is 25.1 Å². The van der Waals surface area contributed by atoms with Crippen molar-refractivity contribution in [2.75, 3.05) is 33.5 Å². The lowest BCUT2D eigenvalue weighted by atomic mass is 10.1. The monoisotopic (exact) mass is 305 g/mol. The summed E-state index contributed by atoms with van der Waals surface area (Å²) in [6.07, 6.45) is 0.951. The predicted octanol–water partition coefficient (Wildman–Crippen LogP) is 3.70. The van der Waals surface area contributed by atoms with Gasteiger partial charge in [0.15, 0.2) is 0 Å². The molecular formula is C14H21Cl2NO2. The Labute approximate surface area is 125 Å². The zero-order valence-corrected chi connectivity index (χ0v) is 12.9. The third kappa shape index (κ3) is 6.11. The summed E-state index contributed by atoms with van der Waals surface area (Å²) in [6.45, 7) is 4.96. The van der Waals surface area contributed by atoms with Crippen LogP contribution in [-0.2, 0) is 9.47 Å². The van der Waals surface area contributed by atoms with Crippen LogP contribution in [0, 0.1) is 0 Å². The minimum absolute atomic E-state index is 0.171. The highest BCUT2D eigenvalue weighted by molar-refractivity contribution is 6.42. The van der Waals surface area contributed by atoms with Gasteiger partial charge in [0.1, 0.15) is 0 Å². The molecule has 0 saturated carbocycles. The minimum Gasteiger partial charge on any atom is -0.382 e. The standard InChI is InChI=1S/C14H21Cl2NO2/c1-11(12-5-3-6-13(15)14(12)16)17-7-4-8-19-10-9-18-2/h3,5-6,11,17H,4,7-10H2,1-2H3. The highest BCUT2D eigenvalue weighted by Crippen LogP contribution is 2.29. The quantitative estimate of drug-likeness (QED) is 0.706. The first-order valence-electron chi connectivity index (χ1n) is 6.40. The zero-order chi connectivity index (χ0) is 14.1. The van der Waals surface area contributed by atoms with Crippen LogP contribution in [0.15, 0.2) is 18.2 Å². The summed E-state index contributed by atoms with van der Waals surface area (Å²) in [5.41, 5.74) is 1.02. The van der Waals surface area contributed by atoms with E-state index < -0.39 is 0 Å². The van der Waals surface area contributed by atoms with Gasteiger partial charge in [-0.3, -0.25) is 0 Å². The molecule has 0 heterocycles. The van der Waals surface area contributed by atoms with E-state index in [4.69, 9.17) is 32.7 Å². The van der Waals surface area contributed by atoms with Crippen molar-refractivity contribution in [3.05, 3.63) is 33.8 Å². The van der Waals surface area contributed by atoms with E-state index in [-0.39, 0.29) is 6.04 Å². The van der Waals surface area contributed by atoms with Gasteiger partial charge in [-0.05, 0) is 31.5 Å². The number of hydrogen-bond acceptors (Lipinski definition) is 3. The first-order chi connectivity index (χ1) is 9.16. The summed E-state index contributed by atoms with van der Waals surface area (Å²) >= 11 is 12.2. The molecule has 0 saturated heterocycles. The van der Waals surface area contributed by atoms with Gasteiger partial charge in [-0.1, -0.05) is 35.3 Å². The van der Waals surface area contributed by atoms with Gasteiger partial charge >= 0.3 is 0 Å². The highest BCUT2D eigenvalue weighted by atomic mass is 35.5. The van der Waals surface area contributed by atoms with E-state index in [1.54, 1.807) is 13.2 Å². The van der Waals surface area contributed by atoms with Gasteiger partial charge in [0.05, 0.1) is 23.3 Å². The molecule has 0 aliphatic heterocycles. The number of ether oxygens (including phenoxy) is 2. The molecule has 1 rings (SSSR count). The zero-order valence-electron chi connectivity index (χ0n) is 11.4. The molecule has 1 aromatic rings. The topological polar surface area (TPSA) is 30.5 Å². The van der Waals surface area contributed by atoms with Crippen LogP contribution in [0.4, 0.5) is 0 Å². The maximum atomic E-state index is 6.17. The average Bonchev–Trinajstić information content (AvgIpc) is 2.40. The molecular weight excluding hydrogens is 285 g/mol. The maximum absolute atomic E-state index is 6.17. The number of hydrogen-bond donors (Lipinski definition) is 1. The van der Waals surface area contributed by atoms with Gasteiger partial charge in [-0.25, -0.2) is 0 Å². The van der Waals surface area contributed by atoms with Crippen molar-refractivity contribution < 1.29 is 9.47 Å². The van der Waals surface area contributed by atoms with Gasteiger partial charge < -0.3 is 14.8 Å². The molecule has 0 aromatic heterocycles. The first kappa shape index (κ1) is 16.7. The van der Waals surface area contributed by atoms with E-state index in [0.29, 0.717) is 23.3 Å². The Kier molecular flexibility index (Phi) is 8.42. The lowest BCUT2D eigenvalue weighted by molar-refractivity contribution is 0.0693. The van der Waals surface area contributed by atoms with Crippen LogP contribution in [0.25, 0.3) is 0 Å². The molecule has 0 radical (unpaired) electrons. The fourth-order valence-corrected chi connectivity index (χ4v) is 2.17. The highest BCUT2D eigenvalue weighted by Gasteiger charge is 2.10. The van der Waals surface area contributed by atoms with E-state index in [1.807, 2.05) is 12.1 Å². The summed E-state index contributed by atoms with van der Waals surface area (Å²) < 4.78 is 10.3. The largest absolute Gasteiger partial charge is 0.382 e. The van der Waals surface area contributed by atoms with E-state index in [1.165, 1.54) is 0 Å². The second-order valence-corrected chi connectivity index (χ2v) is 5.06. The fraction of sp³-hybridized carbons (Fsp3) is 0.571. The lowest BCUT2D eigenvalue weighted by Gasteiger charge is -2.16. The van der Waals surface area contributed by atoms with Crippen LogP contribution >= 0.6 is 23.2 Å². The van der Waals surface area contributed by atoms with Crippen LogP contribution in [0.3, 0.4) is 0 Å². The molecule has 0 fully saturated rings. The normalized spacial score (nSPS) is 12.6. The van der Waals surface area contributed by atoms with E-state index >= 15 is 0 Å². The summed E-state index contributed by atoms with van der Waals surface area (Å²) in [5.74, 6) is 0. The molecule has 0 bridgehead atoms. The number of halogens is 2. The number of rotatable bonds is 9. The Balaban J connectivity index is 2.24. The molecule has 1 atom stereocenters. The second kappa shape index (κ2) is 9.56. The third-order valence-electron chi connectivity index (χ3n) is 2.80. The fourth-order valence-electron chi connectivity index (χ4n) is 1.70. The van der Waals surface area contributed by atoms with Gasteiger partial charge in [0.2, 0.25) is 0 Å². The van der Waals surface area contributed by atoms with Crippen molar-refractivity contribution in [1.82, 2.24) is 5.32 Å². The number of nitrogens with one attached hydrogen (secondary N) is 1. The second-order valence-electron chi connectivity index (χ2n) is 4.28. The Morgan fingerprint density at radius 1 is 1.21 bits per heavy atom. The van der Waals surface area contributed by atoms with Gasteiger partial charge in [0.25, 0.3) is 0 Å². The van der Waals surface area contributed by atoms with Crippen molar-refractivity contribution in [3.8, 4) is 0 Å². The van der Waals surface area contributed by atoms with E-state index in [9.17, 15) is 0 Å². The van der Waals surface area contributed by atoms with Crippen LogP contribution in [-0.4, -0.2) is 33.5 Å². The SMILES string of the molecule is COCCOCCCNC(C)c1cccc(Cl)c1Cl. The number of benzene rings is 1. The molecule has 1 aromatic carbocycles. The summed E-state index contributed by atoms with van der Waals surface area (Å²) in [7, 11) is 1.67. The number of methoxy groups -OCH3 is 1. The molecule has 0 aliphatic carbocycles. The Bertz CT molecular complexity index is 374. The molecule has 3 nitrogen and oxygen atoms in total. The molecule has 1 N–H and O–H groups in total. The predicted molar refractivity (Wildman–Crippen MR) is 80.2 cm³/mol.